The van der Waals surface area contributed by atoms with Crippen molar-refractivity contribution < 1.29 is 0 Å². The molecule has 2 rings (SSSR count). The lowest BCUT2D eigenvalue weighted by Crippen LogP contribution is -2.07. The van der Waals surface area contributed by atoms with Gasteiger partial charge in [-0.3, -0.25) is 4.68 Å². The highest BCUT2D eigenvalue weighted by Crippen LogP contribution is 2.23. The molecule has 0 atom stereocenters. The molecular formula is C11H14BrN3S. The van der Waals surface area contributed by atoms with Gasteiger partial charge in [-0.2, -0.15) is 5.10 Å². The van der Waals surface area contributed by atoms with Gasteiger partial charge in [0.25, 0.3) is 0 Å². The van der Waals surface area contributed by atoms with Gasteiger partial charge in [0, 0.05) is 22.7 Å². The van der Waals surface area contributed by atoms with E-state index in [0.29, 0.717) is 0 Å². The summed E-state index contributed by atoms with van der Waals surface area (Å²) in [5, 5.41) is 7.55. The van der Waals surface area contributed by atoms with Gasteiger partial charge in [-0.1, -0.05) is 0 Å². The molecule has 0 radical (unpaired) electrons. The lowest BCUT2D eigenvalue weighted by atomic mass is 10.2. The molecule has 0 amide bonds. The number of hydrogen-bond acceptors (Lipinski definition) is 3. The Kier molecular flexibility index (Phi) is 3.78. The van der Waals surface area contributed by atoms with Crippen molar-refractivity contribution >= 4 is 27.3 Å². The third-order valence-electron chi connectivity index (χ3n) is 2.51. The number of nitrogens with zero attached hydrogens (tertiary/aromatic N) is 2. The summed E-state index contributed by atoms with van der Waals surface area (Å²) in [7, 11) is 1.95. The van der Waals surface area contributed by atoms with Crippen LogP contribution in [0.3, 0.4) is 0 Å². The molecule has 3 nitrogen and oxygen atoms in total. The van der Waals surface area contributed by atoms with Gasteiger partial charge in [-0.15, -0.1) is 11.3 Å². The first-order valence-corrected chi connectivity index (χ1v) is 6.71. The Morgan fingerprint density at radius 1 is 1.50 bits per heavy atom. The molecule has 5 heteroatoms. The van der Waals surface area contributed by atoms with Crippen molar-refractivity contribution in [2.75, 3.05) is 7.05 Å². The van der Waals surface area contributed by atoms with Crippen LogP contribution in [0.4, 0.5) is 0 Å². The Bertz CT molecular complexity index is 475. The van der Waals surface area contributed by atoms with Gasteiger partial charge >= 0.3 is 0 Å². The minimum atomic E-state index is 0.853. The number of thiophene rings is 1. The van der Waals surface area contributed by atoms with Crippen LogP contribution >= 0.6 is 27.3 Å². The summed E-state index contributed by atoms with van der Waals surface area (Å²) in [5.74, 6) is 0. The van der Waals surface area contributed by atoms with Crippen LogP contribution in [0.2, 0.25) is 0 Å². The van der Waals surface area contributed by atoms with E-state index in [1.165, 1.54) is 19.9 Å². The van der Waals surface area contributed by atoms with Crippen LogP contribution in [0.5, 0.6) is 0 Å². The summed E-state index contributed by atoms with van der Waals surface area (Å²) >= 11 is 5.23. The molecule has 0 aliphatic carbocycles. The summed E-state index contributed by atoms with van der Waals surface area (Å²) in [6.45, 7) is 3.84. The standard InChI is InChI=1S/C11H14BrN3S/c1-8-9(5-13-2)6-14-15(8)7-10-3-4-11(12)16-10/h3-4,6,13H,5,7H2,1-2H3. The number of halogens is 1. The fraction of sp³-hybridized carbons (Fsp3) is 0.364. The molecule has 0 fully saturated rings. The van der Waals surface area contributed by atoms with Gasteiger partial charge < -0.3 is 5.32 Å². The van der Waals surface area contributed by atoms with Gasteiger partial charge in [-0.05, 0) is 42.0 Å². The minimum Gasteiger partial charge on any atom is -0.316 e. The predicted octanol–water partition coefficient (Wildman–Crippen LogP) is 2.78. The zero-order valence-corrected chi connectivity index (χ0v) is 11.7. The molecule has 0 bridgehead atoms. The second-order valence-electron chi connectivity index (χ2n) is 3.65. The molecule has 16 heavy (non-hydrogen) atoms. The van der Waals surface area contributed by atoms with Crippen LogP contribution in [0.25, 0.3) is 0 Å². The van der Waals surface area contributed by atoms with Gasteiger partial charge in [0.05, 0.1) is 16.5 Å². The Labute approximate surface area is 108 Å². The van der Waals surface area contributed by atoms with Crippen molar-refractivity contribution in [3.05, 3.63) is 38.3 Å². The van der Waals surface area contributed by atoms with E-state index in [1.807, 2.05) is 17.9 Å². The van der Waals surface area contributed by atoms with Crippen LogP contribution in [0.15, 0.2) is 22.1 Å². The molecule has 0 spiro atoms. The van der Waals surface area contributed by atoms with Crippen molar-refractivity contribution in [2.45, 2.75) is 20.0 Å². The van der Waals surface area contributed by atoms with Crippen molar-refractivity contribution in [3.8, 4) is 0 Å². The molecule has 2 aromatic rings. The fourth-order valence-electron chi connectivity index (χ4n) is 1.59. The fourth-order valence-corrected chi connectivity index (χ4v) is 3.06. The summed E-state index contributed by atoms with van der Waals surface area (Å²) in [4.78, 5) is 1.31. The van der Waals surface area contributed by atoms with E-state index in [1.54, 1.807) is 11.3 Å². The normalized spacial score (nSPS) is 10.9. The van der Waals surface area contributed by atoms with Gasteiger partial charge in [-0.25, -0.2) is 0 Å². The highest BCUT2D eigenvalue weighted by molar-refractivity contribution is 9.11. The topological polar surface area (TPSA) is 29.9 Å². The SMILES string of the molecule is CNCc1cnn(Cc2ccc(Br)s2)c1C. The van der Waals surface area contributed by atoms with Crippen LogP contribution < -0.4 is 5.32 Å². The Morgan fingerprint density at radius 2 is 2.31 bits per heavy atom. The minimum absolute atomic E-state index is 0.853. The third kappa shape index (κ3) is 2.53. The molecular weight excluding hydrogens is 286 g/mol. The summed E-state index contributed by atoms with van der Waals surface area (Å²) in [6.07, 6.45) is 1.94. The molecule has 0 aromatic carbocycles. The second kappa shape index (κ2) is 5.12. The van der Waals surface area contributed by atoms with Gasteiger partial charge in [0.15, 0.2) is 0 Å². The first-order valence-electron chi connectivity index (χ1n) is 5.11. The zero-order valence-electron chi connectivity index (χ0n) is 9.33. The van der Waals surface area contributed by atoms with E-state index in [-0.39, 0.29) is 0 Å². The zero-order chi connectivity index (χ0) is 11.5. The van der Waals surface area contributed by atoms with Crippen LogP contribution in [0, 0.1) is 6.92 Å². The maximum atomic E-state index is 4.41. The maximum absolute atomic E-state index is 4.41. The number of nitrogens with one attached hydrogen (secondary N) is 1. The third-order valence-corrected chi connectivity index (χ3v) is 4.11. The average Bonchev–Trinajstić information content (AvgIpc) is 2.80. The van der Waals surface area contributed by atoms with E-state index in [9.17, 15) is 0 Å². The molecule has 0 aliphatic heterocycles. The van der Waals surface area contributed by atoms with Gasteiger partial charge in [0.2, 0.25) is 0 Å². The first kappa shape index (κ1) is 11.8. The second-order valence-corrected chi connectivity index (χ2v) is 6.20. The van der Waals surface area contributed by atoms with Crippen molar-refractivity contribution in [1.29, 1.82) is 0 Å². The molecule has 2 heterocycles. The number of hydrogen-bond donors (Lipinski definition) is 1. The quantitative estimate of drug-likeness (QED) is 0.941. The van der Waals surface area contributed by atoms with E-state index >= 15 is 0 Å². The summed E-state index contributed by atoms with van der Waals surface area (Å²) < 4.78 is 3.22. The van der Waals surface area contributed by atoms with E-state index in [2.05, 4.69) is 45.4 Å². The molecule has 1 N–H and O–H groups in total. The number of aromatic nitrogens is 2. The molecule has 0 unspecified atom stereocenters. The summed E-state index contributed by atoms with van der Waals surface area (Å²) in [5.41, 5.74) is 2.50. The van der Waals surface area contributed by atoms with Gasteiger partial charge in [0.1, 0.15) is 0 Å². The Hall–Kier alpha value is -0.650. The van der Waals surface area contributed by atoms with Crippen molar-refractivity contribution in [3.63, 3.8) is 0 Å². The number of rotatable bonds is 4. The molecule has 0 saturated carbocycles. The van der Waals surface area contributed by atoms with Crippen molar-refractivity contribution in [2.24, 2.45) is 0 Å². The van der Waals surface area contributed by atoms with Crippen molar-refractivity contribution in [1.82, 2.24) is 15.1 Å². The largest absolute Gasteiger partial charge is 0.316 e. The maximum Gasteiger partial charge on any atom is 0.0755 e. The monoisotopic (exact) mass is 299 g/mol. The predicted molar refractivity (Wildman–Crippen MR) is 70.8 cm³/mol. The highest BCUT2D eigenvalue weighted by Gasteiger charge is 2.06. The van der Waals surface area contributed by atoms with E-state index < -0.39 is 0 Å². The Morgan fingerprint density at radius 3 is 2.94 bits per heavy atom. The smallest absolute Gasteiger partial charge is 0.0755 e. The average molecular weight is 300 g/mol. The molecule has 2 aromatic heterocycles. The Balaban J connectivity index is 2.15. The molecule has 0 saturated heterocycles. The first-order chi connectivity index (χ1) is 7.70. The van der Waals surface area contributed by atoms with Crippen LogP contribution in [-0.4, -0.2) is 16.8 Å². The lowest BCUT2D eigenvalue weighted by molar-refractivity contribution is 0.668. The lowest BCUT2D eigenvalue weighted by Gasteiger charge is -2.03. The van der Waals surface area contributed by atoms with Crippen LogP contribution in [0.1, 0.15) is 16.1 Å². The molecule has 86 valence electrons. The highest BCUT2D eigenvalue weighted by atomic mass is 79.9. The van der Waals surface area contributed by atoms with Crippen LogP contribution in [-0.2, 0) is 13.1 Å². The van der Waals surface area contributed by atoms with E-state index in [4.69, 9.17) is 0 Å². The summed E-state index contributed by atoms with van der Waals surface area (Å²) in [6, 6.07) is 4.21. The molecule has 0 aliphatic rings. The van der Waals surface area contributed by atoms with E-state index in [0.717, 1.165) is 13.1 Å².